The lowest BCUT2D eigenvalue weighted by Crippen LogP contribution is -2.31. The molecule has 2 aromatic carbocycles. The van der Waals surface area contributed by atoms with Gasteiger partial charge in [0.25, 0.3) is 0 Å². The second-order valence-corrected chi connectivity index (χ2v) is 5.18. The van der Waals surface area contributed by atoms with Crippen molar-refractivity contribution in [2.75, 3.05) is 19.0 Å². The number of nitrogens with zero attached hydrogens (tertiary/aromatic N) is 1. The molecule has 0 unspecified atom stereocenters. The third-order valence-corrected chi connectivity index (χ3v) is 3.36. The summed E-state index contributed by atoms with van der Waals surface area (Å²) in [4.78, 5) is 13.9. The van der Waals surface area contributed by atoms with Crippen molar-refractivity contribution in [3.05, 3.63) is 59.7 Å². The van der Waals surface area contributed by atoms with Gasteiger partial charge in [-0.15, -0.1) is 0 Å². The monoisotopic (exact) mass is 298 g/mol. The smallest absolute Gasteiger partial charge is 0.321 e. The minimum atomic E-state index is -0.129. The molecule has 2 rings (SSSR count). The van der Waals surface area contributed by atoms with Crippen molar-refractivity contribution in [3.8, 4) is 5.75 Å². The summed E-state index contributed by atoms with van der Waals surface area (Å²) < 4.78 is 5.45. The minimum absolute atomic E-state index is 0.129. The molecule has 0 aromatic heterocycles. The first kappa shape index (κ1) is 15.9. The van der Waals surface area contributed by atoms with Gasteiger partial charge in [-0.25, -0.2) is 4.79 Å². The molecule has 0 aliphatic rings. The predicted octanol–water partition coefficient (Wildman–Crippen LogP) is 4.06. The maximum absolute atomic E-state index is 12.3. The molecule has 0 heterocycles. The van der Waals surface area contributed by atoms with Gasteiger partial charge < -0.3 is 15.0 Å². The van der Waals surface area contributed by atoms with Crippen LogP contribution in [0.5, 0.6) is 5.75 Å². The molecule has 0 bridgehead atoms. The number of carbonyl (C=O) groups excluding carboxylic acids is 1. The number of hydrogen-bond acceptors (Lipinski definition) is 2. The molecule has 0 saturated heterocycles. The van der Waals surface area contributed by atoms with Gasteiger partial charge in [-0.1, -0.05) is 30.3 Å². The van der Waals surface area contributed by atoms with E-state index in [1.807, 2.05) is 62.4 Å². The molecule has 0 spiro atoms. The van der Waals surface area contributed by atoms with Crippen LogP contribution in [0.1, 0.15) is 18.1 Å². The Labute approximate surface area is 131 Å². The third-order valence-electron chi connectivity index (χ3n) is 3.36. The summed E-state index contributed by atoms with van der Waals surface area (Å²) in [5.74, 6) is 0.815. The Balaban J connectivity index is 1.99. The molecule has 2 amide bonds. The van der Waals surface area contributed by atoms with Crippen molar-refractivity contribution in [1.82, 2.24) is 4.90 Å². The van der Waals surface area contributed by atoms with Gasteiger partial charge in [-0.2, -0.15) is 0 Å². The van der Waals surface area contributed by atoms with Crippen molar-refractivity contribution >= 4 is 11.7 Å². The van der Waals surface area contributed by atoms with Crippen LogP contribution < -0.4 is 10.1 Å². The Kier molecular flexibility index (Phi) is 5.42. The largest absolute Gasteiger partial charge is 0.494 e. The molecule has 2 aromatic rings. The van der Waals surface area contributed by atoms with Crippen LogP contribution in [0.25, 0.3) is 0 Å². The standard InChI is InChI=1S/C18H22N2O2/c1-4-22-16-10-11-17(14(2)12-16)19-18(21)20(3)13-15-8-6-5-7-9-15/h5-12H,4,13H2,1-3H3,(H,19,21). The number of carbonyl (C=O) groups is 1. The maximum Gasteiger partial charge on any atom is 0.321 e. The zero-order valence-corrected chi connectivity index (χ0v) is 13.3. The minimum Gasteiger partial charge on any atom is -0.494 e. The zero-order chi connectivity index (χ0) is 15.9. The fourth-order valence-electron chi connectivity index (χ4n) is 2.17. The molecule has 116 valence electrons. The second kappa shape index (κ2) is 7.50. The van der Waals surface area contributed by atoms with Crippen molar-refractivity contribution in [2.24, 2.45) is 0 Å². The van der Waals surface area contributed by atoms with Gasteiger partial charge in [0.2, 0.25) is 0 Å². The molecule has 4 heteroatoms. The maximum atomic E-state index is 12.3. The Morgan fingerprint density at radius 1 is 1.18 bits per heavy atom. The summed E-state index contributed by atoms with van der Waals surface area (Å²) in [5, 5.41) is 2.93. The highest BCUT2D eigenvalue weighted by Crippen LogP contribution is 2.21. The highest BCUT2D eigenvalue weighted by Gasteiger charge is 2.11. The molecule has 4 nitrogen and oxygen atoms in total. The highest BCUT2D eigenvalue weighted by molar-refractivity contribution is 5.90. The fraction of sp³-hybridized carbons (Fsp3) is 0.278. The summed E-state index contributed by atoms with van der Waals surface area (Å²) >= 11 is 0. The number of rotatable bonds is 5. The van der Waals surface area contributed by atoms with Gasteiger partial charge in [0.05, 0.1) is 6.61 Å². The molecule has 0 saturated carbocycles. The highest BCUT2D eigenvalue weighted by atomic mass is 16.5. The number of amides is 2. The van der Waals surface area contributed by atoms with Gasteiger partial charge in [0, 0.05) is 19.3 Å². The number of hydrogen-bond donors (Lipinski definition) is 1. The van der Waals surface area contributed by atoms with Crippen LogP contribution in [-0.2, 0) is 6.54 Å². The van der Waals surface area contributed by atoms with Crippen LogP contribution in [-0.4, -0.2) is 24.6 Å². The number of aryl methyl sites for hydroxylation is 1. The number of ether oxygens (including phenoxy) is 1. The topological polar surface area (TPSA) is 41.6 Å². The first-order chi connectivity index (χ1) is 10.6. The average molecular weight is 298 g/mol. The van der Waals surface area contributed by atoms with E-state index >= 15 is 0 Å². The van der Waals surface area contributed by atoms with E-state index in [1.54, 1.807) is 11.9 Å². The van der Waals surface area contributed by atoms with E-state index < -0.39 is 0 Å². The van der Waals surface area contributed by atoms with Crippen LogP contribution in [0, 0.1) is 6.92 Å². The molecule has 0 atom stereocenters. The van der Waals surface area contributed by atoms with Crippen LogP contribution in [0.15, 0.2) is 48.5 Å². The van der Waals surface area contributed by atoms with Gasteiger partial charge in [0.1, 0.15) is 5.75 Å². The lowest BCUT2D eigenvalue weighted by molar-refractivity contribution is 0.220. The van der Waals surface area contributed by atoms with Gasteiger partial charge >= 0.3 is 6.03 Å². The summed E-state index contributed by atoms with van der Waals surface area (Å²) in [6.07, 6.45) is 0. The lowest BCUT2D eigenvalue weighted by Gasteiger charge is -2.19. The molecule has 22 heavy (non-hydrogen) atoms. The number of urea groups is 1. The molecule has 0 aliphatic heterocycles. The molecule has 0 fully saturated rings. The molecule has 1 N–H and O–H groups in total. The van der Waals surface area contributed by atoms with E-state index in [0.717, 1.165) is 22.6 Å². The van der Waals surface area contributed by atoms with Crippen LogP contribution in [0.4, 0.5) is 10.5 Å². The SMILES string of the molecule is CCOc1ccc(NC(=O)N(C)Cc2ccccc2)c(C)c1. The van der Waals surface area contributed by atoms with Gasteiger partial charge in [0.15, 0.2) is 0 Å². The van der Waals surface area contributed by atoms with Crippen molar-refractivity contribution < 1.29 is 9.53 Å². The van der Waals surface area contributed by atoms with Crippen molar-refractivity contribution in [2.45, 2.75) is 20.4 Å². The van der Waals surface area contributed by atoms with E-state index in [-0.39, 0.29) is 6.03 Å². The Hall–Kier alpha value is -2.49. The Bertz CT molecular complexity index is 626. The molecular formula is C18H22N2O2. The average Bonchev–Trinajstić information content (AvgIpc) is 2.51. The second-order valence-electron chi connectivity index (χ2n) is 5.18. The molecular weight excluding hydrogens is 276 g/mol. The number of anilines is 1. The van der Waals surface area contributed by atoms with Crippen LogP contribution in [0.2, 0.25) is 0 Å². The lowest BCUT2D eigenvalue weighted by atomic mass is 10.2. The predicted molar refractivity (Wildman–Crippen MR) is 89.3 cm³/mol. The van der Waals surface area contributed by atoms with E-state index in [0.29, 0.717) is 13.2 Å². The molecule has 0 aliphatic carbocycles. The van der Waals surface area contributed by atoms with Gasteiger partial charge in [-0.3, -0.25) is 0 Å². The summed E-state index contributed by atoms with van der Waals surface area (Å²) in [6, 6.07) is 15.4. The first-order valence-corrected chi connectivity index (χ1v) is 7.39. The molecule has 0 radical (unpaired) electrons. The summed E-state index contributed by atoms with van der Waals surface area (Å²) in [6.45, 7) is 5.10. The van der Waals surface area contributed by atoms with Crippen LogP contribution >= 0.6 is 0 Å². The first-order valence-electron chi connectivity index (χ1n) is 7.39. The normalized spacial score (nSPS) is 10.1. The number of benzene rings is 2. The van der Waals surface area contributed by atoms with E-state index in [9.17, 15) is 4.79 Å². The fourth-order valence-corrected chi connectivity index (χ4v) is 2.17. The Morgan fingerprint density at radius 2 is 1.91 bits per heavy atom. The zero-order valence-electron chi connectivity index (χ0n) is 13.3. The summed E-state index contributed by atoms with van der Waals surface area (Å²) in [5.41, 5.74) is 2.88. The van der Waals surface area contributed by atoms with E-state index in [1.165, 1.54) is 0 Å². The summed E-state index contributed by atoms with van der Waals surface area (Å²) in [7, 11) is 1.78. The third kappa shape index (κ3) is 4.25. The quantitative estimate of drug-likeness (QED) is 0.904. The Morgan fingerprint density at radius 3 is 2.55 bits per heavy atom. The van der Waals surface area contributed by atoms with Crippen molar-refractivity contribution in [3.63, 3.8) is 0 Å². The van der Waals surface area contributed by atoms with Crippen LogP contribution in [0.3, 0.4) is 0 Å². The van der Waals surface area contributed by atoms with Crippen molar-refractivity contribution in [1.29, 1.82) is 0 Å². The number of nitrogens with one attached hydrogen (secondary N) is 1. The van der Waals surface area contributed by atoms with E-state index in [4.69, 9.17) is 4.74 Å². The van der Waals surface area contributed by atoms with E-state index in [2.05, 4.69) is 5.32 Å². The van der Waals surface area contributed by atoms with Gasteiger partial charge in [-0.05, 0) is 43.2 Å².